The molecule has 1 fully saturated rings. The third kappa shape index (κ3) is 1.62. The van der Waals surface area contributed by atoms with Crippen molar-refractivity contribution in [1.29, 1.82) is 0 Å². The molecule has 2 heteroatoms. The Bertz CT molecular complexity index is 335. The average molecular weight is 191 g/mol. The van der Waals surface area contributed by atoms with E-state index in [4.69, 9.17) is 10.5 Å². The number of ether oxygens (including phenoxy) is 1. The first-order valence-corrected chi connectivity index (χ1v) is 5.11. The average Bonchev–Trinajstić information content (AvgIpc) is 2.96. The SMILES string of the molecule is COc1ccc(C2CC2CN)cc1C. The van der Waals surface area contributed by atoms with Crippen molar-refractivity contribution in [3.05, 3.63) is 29.3 Å². The maximum atomic E-state index is 5.63. The van der Waals surface area contributed by atoms with E-state index in [9.17, 15) is 0 Å². The predicted molar refractivity (Wildman–Crippen MR) is 57.6 cm³/mol. The highest BCUT2D eigenvalue weighted by atomic mass is 16.5. The fourth-order valence-electron chi connectivity index (χ4n) is 2.05. The van der Waals surface area contributed by atoms with Crippen molar-refractivity contribution in [1.82, 2.24) is 0 Å². The largest absolute Gasteiger partial charge is 0.496 e. The van der Waals surface area contributed by atoms with Gasteiger partial charge >= 0.3 is 0 Å². The van der Waals surface area contributed by atoms with E-state index in [1.54, 1.807) is 7.11 Å². The Balaban J connectivity index is 2.17. The molecule has 1 aliphatic carbocycles. The minimum absolute atomic E-state index is 0.699. The van der Waals surface area contributed by atoms with Gasteiger partial charge in [-0.1, -0.05) is 12.1 Å². The van der Waals surface area contributed by atoms with Gasteiger partial charge in [0.15, 0.2) is 0 Å². The Hall–Kier alpha value is -1.02. The van der Waals surface area contributed by atoms with Crippen LogP contribution in [0.3, 0.4) is 0 Å². The lowest BCUT2D eigenvalue weighted by atomic mass is 10.1. The number of benzene rings is 1. The van der Waals surface area contributed by atoms with Crippen molar-refractivity contribution in [3.8, 4) is 5.75 Å². The highest BCUT2D eigenvalue weighted by Crippen LogP contribution is 2.47. The molecular formula is C12H17NO. The van der Waals surface area contributed by atoms with Crippen LogP contribution in [0.15, 0.2) is 18.2 Å². The summed E-state index contributed by atoms with van der Waals surface area (Å²) < 4.78 is 5.23. The molecule has 0 aliphatic heterocycles. The van der Waals surface area contributed by atoms with Gasteiger partial charge in [-0.05, 0) is 48.9 Å². The number of rotatable bonds is 3. The minimum Gasteiger partial charge on any atom is -0.496 e. The van der Waals surface area contributed by atoms with Crippen molar-refractivity contribution in [2.75, 3.05) is 13.7 Å². The molecule has 14 heavy (non-hydrogen) atoms. The van der Waals surface area contributed by atoms with Crippen molar-refractivity contribution in [2.45, 2.75) is 19.3 Å². The molecule has 1 aliphatic rings. The number of aryl methyl sites for hydroxylation is 1. The van der Waals surface area contributed by atoms with E-state index in [1.807, 2.05) is 0 Å². The molecule has 0 heterocycles. The molecule has 1 saturated carbocycles. The van der Waals surface area contributed by atoms with Crippen molar-refractivity contribution in [3.63, 3.8) is 0 Å². The third-order valence-electron chi connectivity index (χ3n) is 3.07. The molecule has 0 amide bonds. The second-order valence-corrected chi connectivity index (χ2v) is 4.07. The van der Waals surface area contributed by atoms with Gasteiger partial charge in [0, 0.05) is 0 Å². The van der Waals surface area contributed by atoms with Crippen LogP contribution in [0.1, 0.15) is 23.5 Å². The van der Waals surface area contributed by atoms with Gasteiger partial charge in [-0.15, -0.1) is 0 Å². The second kappa shape index (κ2) is 3.62. The predicted octanol–water partition coefficient (Wildman–Crippen LogP) is 2.07. The van der Waals surface area contributed by atoms with E-state index in [0.717, 1.165) is 12.3 Å². The van der Waals surface area contributed by atoms with Gasteiger partial charge in [0.25, 0.3) is 0 Å². The topological polar surface area (TPSA) is 35.2 Å². The zero-order valence-electron chi connectivity index (χ0n) is 8.79. The summed E-state index contributed by atoms with van der Waals surface area (Å²) in [6.45, 7) is 2.90. The first-order chi connectivity index (χ1) is 6.76. The molecule has 2 N–H and O–H groups in total. The van der Waals surface area contributed by atoms with Crippen LogP contribution < -0.4 is 10.5 Å². The normalized spacial score (nSPS) is 24.8. The van der Waals surface area contributed by atoms with Gasteiger partial charge in [-0.2, -0.15) is 0 Å². The summed E-state index contributed by atoms with van der Waals surface area (Å²) in [5.41, 5.74) is 8.26. The first-order valence-electron chi connectivity index (χ1n) is 5.11. The lowest BCUT2D eigenvalue weighted by molar-refractivity contribution is 0.411. The van der Waals surface area contributed by atoms with Crippen LogP contribution in [-0.2, 0) is 0 Å². The molecule has 0 aromatic heterocycles. The summed E-state index contributed by atoms with van der Waals surface area (Å²) in [4.78, 5) is 0. The number of hydrogen-bond donors (Lipinski definition) is 1. The van der Waals surface area contributed by atoms with Crippen LogP contribution in [0.4, 0.5) is 0 Å². The quantitative estimate of drug-likeness (QED) is 0.793. The molecule has 0 saturated heterocycles. The van der Waals surface area contributed by atoms with E-state index in [1.165, 1.54) is 17.5 Å². The van der Waals surface area contributed by atoms with Gasteiger partial charge in [-0.3, -0.25) is 0 Å². The Morgan fingerprint density at radius 1 is 1.50 bits per heavy atom. The summed E-state index contributed by atoms with van der Waals surface area (Å²) >= 11 is 0. The van der Waals surface area contributed by atoms with Gasteiger partial charge in [-0.25, -0.2) is 0 Å². The summed E-state index contributed by atoms with van der Waals surface area (Å²) in [7, 11) is 1.71. The lowest BCUT2D eigenvalue weighted by Gasteiger charge is -2.06. The highest BCUT2D eigenvalue weighted by Gasteiger charge is 2.36. The zero-order chi connectivity index (χ0) is 10.1. The molecular weight excluding hydrogens is 174 g/mol. The highest BCUT2D eigenvalue weighted by molar-refractivity contribution is 5.39. The fraction of sp³-hybridized carbons (Fsp3) is 0.500. The molecule has 76 valence electrons. The van der Waals surface area contributed by atoms with Gasteiger partial charge < -0.3 is 10.5 Å². The third-order valence-corrected chi connectivity index (χ3v) is 3.07. The first kappa shape index (κ1) is 9.53. The Kier molecular flexibility index (Phi) is 2.46. The smallest absolute Gasteiger partial charge is 0.121 e. The zero-order valence-corrected chi connectivity index (χ0v) is 8.79. The number of nitrogens with two attached hydrogens (primary N) is 1. The summed E-state index contributed by atoms with van der Waals surface area (Å²) in [5.74, 6) is 2.38. The maximum absolute atomic E-state index is 5.63. The van der Waals surface area contributed by atoms with Crippen LogP contribution in [0.25, 0.3) is 0 Å². The summed E-state index contributed by atoms with van der Waals surface area (Å²) in [5, 5.41) is 0. The lowest BCUT2D eigenvalue weighted by Crippen LogP contribution is -2.02. The fourth-order valence-corrected chi connectivity index (χ4v) is 2.05. The van der Waals surface area contributed by atoms with Gasteiger partial charge in [0.05, 0.1) is 7.11 Å². The van der Waals surface area contributed by atoms with Crippen LogP contribution in [0.5, 0.6) is 5.75 Å². The molecule has 2 nitrogen and oxygen atoms in total. The van der Waals surface area contributed by atoms with Gasteiger partial charge in [0.2, 0.25) is 0 Å². The van der Waals surface area contributed by atoms with E-state index >= 15 is 0 Å². The van der Waals surface area contributed by atoms with Gasteiger partial charge in [0.1, 0.15) is 5.75 Å². The van der Waals surface area contributed by atoms with Crippen molar-refractivity contribution >= 4 is 0 Å². The maximum Gasteiger partial charge on any atom is 0.121 e. The van der Waals surface area contributed by atoms with E-state index in [0.29, 0.717) is 11.8 Å². The molecule has 0 spiro atoms. The Morgan fingerprint density at radius 2 is 2.29 bits per heavy atom. The monoisotopic (exact) mass is 191 g/mol. The standard InChI is InChI=1S/C12H17NO/c1-8-5-9(3-4-12(8)14-2)11-6-10(11)7-13/h3-5,10-11H,6-7,13H2,1-2H3. The van der Waals surface area contributed by atoms with E-state index in [-0.39, 0.29) is 0 Å². The Morgan fingerprint density at radius 3 is 2.79 bits per heavy atom. The number of hydrogen-bond acceptors (Lipinski definition) is 2. The van der Waals surface area contributed by atoms with Crippen molar-refractivity contribution in [2.24, 2.45) is 11.7 Å². The molecule has 1 aromatic rings. The van der Waals surface area contributed by atoms with Crippen LogP contribution in [0.2, 0.25) is 0 Å². The van der Waals surface area contributed by atoms with Crippen LogP contribution in [-0.4, -0.2) is 13.7 Å². The van der Waals surface area contributed by atoms with Crippen LogP contribution >= 0.6 is 0 Å². The number of methoxy groups -OCH3 is 1. The molecule has 2 unspecified atom stereocenters. The minimum atomic E-state index is 0.699. The van der Waals surface area contributed by atoms with Crippen molar-refractivity contribution < 1.29 is 4.74 Å². The second-order valence-electron chi connectivity index (χ2n) is 4.07. The molecule has 1 aromatic carbocycles. The van der Waals surface area contributed by atoms with E-state index < -0.39 is 0 Å². The van der Waals surface area contributed by atoms with Crippen LogP contribution in [0, 0.1) is 12.8 Å². The Labute approximate surface area is 85.1 Å². The molecule has 2 rings (SSSR count). The molecule has 0 bridgehead atoms. The summed E-state index contributed by atoms with van der Waals surface area (Å²) in [6.07, 6.45) is 1.25. The summed E-state index contributed by atoms with van der Waals surface area (Å²) in [6, 6.07) is 6.43. The molecule has 2 atom stereocenters. The van der Waals surface area contributed by atoms with E-state index in [2.05, 4.69) is 25.1 Å². The molecule has 0 radical (unpaired) electrons.